The second-order valence-corrected chi connectivity index (χ2v) is 2.46. The first-order valence-corrected chi connectivity index (χ1v) is 3.44. The molecular formula is C8H6N4. The van der Waals surface area contributed by atoms with Crippen LogP contribution in [-0.4, -0.2) is 9.61 Å². The molecule has 2 rings (SSSR count). The Morgan fingerprint density at radius 3 is 3.17 bits per heavy atom. The Bertz CT molecular complexity index is 463. The molecule has 2 N–H and O–H groups in total. The molecule has 0 aliphatic heterocycles. The molecule has 4 nitrogen and oxygen atoms in total. The molecule has 0 unspecified atom stereocenters. The zero-order valence-electron chi connectivity index (χ0n) is 6.23. The summed E-state index contributed by atoms with van der Waals surface area (Å²) in [6.45, 7) is 0. The van der Waals surface area contributed by atoms with Gasteiger partial charge in [0.25, 0.3) is 0 Å². The van der Waals surface area contributed by atoms with Crippen LogP contribution in [0.4, 0.5) is 5.69 Å². The van der Waals surface area contributed by atoms with E-state index >= 15 is 0 Å². The molecule has 0 saturated carbocycles. The highest BCUT2D eigenvalue weighted by atomic mass is 15.2. The lowest BCUT2D eigenvalue weighted by Crippen LogP contribution is -1.88. The molecule has 0 bridgehead atoms. The molecule has 0 aliphatic carbocycles. The van der Waals surface area contributed by atoms with E-state index in [1.165, 1.54) is 0 Å². The van der Waals surface area contributed by atoms with Gasteiger partial charge in [-0.05, 0) is 12.1 Å². The second kappa shape index (κ2) is 2.24. The van der Waals surface area contributed by atoms with Crippen molar-refractivity contribution >= 4 is 11.2 Å². The lowest BCUT2D eigenvalue weighted by Gasteiger charge is -1.93. The lowest BCUT2D eigenvalue weighted by atomic mass is 10.2. The molecule has 0 saturated heterocycles. The van der Waals surface area contributed by atoms with Crippen LogP contribution in [0.5, 0.6) is 0 Å². The van der Waals surface area contributed by atoms with E-state index in [4.69, 9.17) is 11.0 Å². The standard InChI is InChI=1S/C8H6N4/c9-4-6-1-2-12-8(3-6)7(10)5-11-12/h1-3,5H,10H2. The Labute approximate surface area is 68.8 Å². The van der Waals surface area contributed by atoms with E-state index in [-0.39, 0.29) is 0 Å². The molecule has 0 atom stereocenters. The van der Waals surface area contributed by atoms with Crippen LogP contribution < -0.4 is 5.73 Å². The van der Waals surface area contributed by atoms with E-state index in [0.717, 1.165) is 5.52 Å². The Morgan fingerprint density at radius 1 is 1.58 bits per heavy atom. The van der Waals surface area contributed by atoms with Gasteiger partial charge in [0.05, 0.1) is 29.0 Å². The molecule has 0 aromatic carbocycles. The second-order valence-electron chi connectivity index (χ2n) is 2.46. The van der Waals surface area contributed by atoms with Crippen molar-refractivity contribution in [2.75, 3.05) is 5.73 Å². The number of rotatable bonds is 0. The van der Waals surface area contributed by atoms with Crippen LogP contribution in [0.15, 0.2) is 24.5 Å². The Balaban J connectivity index is 2.82. The first-order chi connectivity index (χ1) is 5.81. The van der Waals surface area contributed by atoms with Gasteiger partial charge in [0.1, 0.15) is 0 Å². The Morgan fingerprint density at radius 2 is 2.42 bits per heavy atom. The fraction of sp³-hybridized carbons (Fsp3) is 0. The normalized spacial score (nSPS) is 9.92. The highest BCUT2D eigenvalue weighted by Gasteiger charge is 1.99. The van der Waals surface area contributed by atoms with Gasteiger partial charge in [-0.2, -0.15) is 10.4 Å². The number of nitriles is 1. The summed E-state index contributed by atoms with van der Waals surface area (Å²) in [5, 5.41) is 12.6. The maximum absolute atomic E-state index is 8.60. The molecule has 2 aromatic rings. The summed E-state index contributed by atoms with van der Waals surface area (Å²) in [6.07, 6.45) is 3.28. The number of aromatic nitrogens is 2. The molecule has 2 aromatic heterocycles. The summed E-state index contributed by atoms with van der Waals surface area (Å²) in [7, 11) is 0. The lowest BCUT2D eigenvalue weighted by molar-refractivity contribution is 0.960. The summed E-state index contributed by atoms with van der Waals surface area (Å²) >= 11 is 0. The van der Waals surface area contributed by atoms with Crippen molar-refractivity contribution in [3.8, 4) is 6.07 Å². The number of anilines is 1. The third-order valence-electron chi connectivity index (χ3n) is 1.68. The van der Waals surface area contributed by atoms with Crippen LogP contribution in [0, 0.1) is 11.3 Å². The third kappa shape index (κ3) is 0.805. The number of hydrogen-bond acceptors (Lipinski definition) is 3. The molecule has 12 heavy (non-hydrogen) atoms. The van der Waals surface area contributed by atoms with Crippen LogP contribution >= 0.6 is 0 Å². The number of fused-ring (bicyclic) bond motifs is 1. The zero-order chi connectivity index (χ0) is 8.55. The highest BCUT2D eigenvalue weighted by Crippen LogP contribution is 2.13. The van der Waals surface area contributed by atoms with Crippen LogP contribution in [0.25, 0.3) is 5.52 Å². The largest absolute Gasteiger partial charge is 0.396 e. The predicted molar refractivity (Wildman–Crippen MR) is 44.3 cm³/mol. The van der Waals surface area contributed by atoms with E-state index in [1.54, 1.807) is 29.0 Å². The molecular weight excluding hydrogens is 152 g/mol. The minimum atomic E-state index is 0.590. The first kappa shape index (κ1) is 6.68. The number of pyridine rings is 1. The number of nitrogen functional groups attached to an aromatic ring is 1. The van der Waals surface area contributed by atoms with Gasteiger partial charge in [0.2, 0.25) is 0 Å². The van der Waals surface area contributed by atoms with E-state index in [1.807, 2.05) is 6.07 Å². The Hall–Kier alpha value is -2.02. The van der Waals surface area contributed by atoms with Gasteiger partial charge in [0, 0.05) is 6.20 Å². The van der Waals surface area contributed by atoms with Crippen LogP contribution in [0.3, 0.4) is 0 Å². The SMILES string of the molecule is N#Cc1ccn2ncc(N)c2c1. The summed E-state index contributed by atoms with van der Waals surface area (Å²) in [6, 6.07) is 5.44. The van der Waals surface area contributed by atoms with Crippen molar-refractivity contribution in [1.82, 2.24) is 9.61 Å². The van der Waals surface area contributed by atoms with Gasteiger partial charge in [-0.15, -0.1) is 0 Å². The molecule has 0 radical (unpaired) electrons. The predicted octanol–water partition coefficient (Wildman–Crippen LogP) is 0.788. The molecule has 58 valence electrons. The summed E-state index contributed by atoms with van der Waals surface area (Å²) in [5.41, 5.74) is 7.56. The molecule has 0 amide bonds. The molecule has 0 spiro atoms. The fourth-order valence-electron chi connectivity index (χ4n) is 1.07. The highest BCUT2D eigenvalue weighted by molar-refractivity contribution is 5.69. The van der Waals surface area contributed by atoms with Gasteiger partial charge in [0.15, 0.2) is 0 Å². The van der Waals surface area contributed by atoms with Crippen molar-refractivity contribution in [3.63, 3.8) is 0 Å². The van der Waals surface area contributed by atoms with E-state index < -0.39 is 0 Å². The average molecular weight is 158 g/mol. The zero-order valence-corrected chi connectivity index (χ0v) is 6.23. The molecule has 2 heterocycles. The molecule has 4 heteroatoms. The summed E-state index contributed by atoms with van der Waals surface area (Å²) < 4.78 is 1.64. The van der Waals surface area contributed by atoms with Gasteiger partial charge in [-0.25, -0.2) is 4.52 Å². The molecule has 0 aliphatic rings. The Kier molecular flexibility index (Phi) is 1.25. The van der Waals surface area contributed by atoms with Crippen molar-refractivity contribution in [2.45, 2.75) is 0 Å². The van der Waals surface area contributed by atoms with Crippen molar-refractivity contribution < 1.29 is 0 Å². The van der Waals surface area contributed by atoms with Crippen LogP contribution in [0.2, 0.25) is 0 Å². The maximum Gasteiger partial charge on any atom is 0.0992 e. The average Bonchev–Trinajstić information content (AvgIpc) is 2.47. The smallest absolute Gasteiger partial charge is 0.0992 e. The van der Waals surface area contributed by atoms with Gasteiger partial charge < -0.3 is 5.73 Å². The minimum Gasteiger partial charge on any atom is -0.396 e. The third-order valence-corrected chi connectivity index (χ3v) is 1.68. The monoisotopic (exact) mass is 158 g/mol. The van der Waals surface area contributed by atoms with Gasteiger partial charge in [-0.3, -0.25) is 0 Å². The quantitative estimate of drug-likeness (QED) is 0.616. The fourth-order valence-corrected chi connectivity index (χ4v) is 1.07. The van der Waals surface area contributed by atoms with Gasteiger partial charge in [-0.1, -0.05) is 0 Å². The maximum atomic E-state index is 8.60. The number of nitrogens with two attached hydrogens (primary N) is 1. The van der Waals surface area contributed by atoms with E-state index in [2.05, 4.69) is 5.10 Å². The van der Waals surface area contributed by atoms with Crippen molar-refractivity contribution in [1.29, 1.82) is 5.26 Å². The number of hydrogen-bond donors (Lipinski definition) is 1. The van der Waals surface area contributed by atoms with E-state index in [9.17, 15) is 0 Å². The first-order valence-electron chi connectivity index (χ1n) is 3.44. The van der Waals surface area contributed by atoms with Crippen molar-refractivity contribution in [3.05, 3.63) is 30.1 Å². The summed E-state index contributed by atoms with van der Waals surface area (Å²) in [4.78, 5) is 0. The minimum absolute atomic E-state index is 0.590. The topological polar surface area (TPSA) is 67.1 Å². The number of nitrogens with zero attached hydrogens (tertiary/aromatic N) is 3. The molecule has 0 fully saturated rings. The van der Waals surface area contributed by atoms with E-state index in [0.29, 0.717) is 11.3 Å². The van der Waals surface area contributed by atoms with Crippen LogP contribution in [0.1, 0.15) is 5.56 Å². The summed E-state index contributed by atoms with van der Waals surface area (Å²) in [5.74, 6) is 0. The van der Waals surface area contributed by atoms with Crippen LogP contribution in [-0.2, 0) is 0 Å². The van der Waals surface area contributed by atoms with Gasteiger partial charge >= 0.3 is 0 Å². The van der Waals surface area contributed by atoms with Crippen molar-refractivity contribution in [2.24, 2.45) is 0 Å².